The Bertz CT molecular complexity index is 605. The summed E-state index contributed by atoms with van der Waals surface area (Å²) in [4.78, 5) is 0. The molecule has 2 aromatic carbocycles. The van der Waals surface area contributed by atoms with Crippen molar-refractivity contribution in [2.75, 3.05) is 0 Å². The molecule has 3 nitrogen and oxygen atoms in total. The molecule has 3 rings (SSSR count). The summed E-state index contributed by atoms with van der Waals surface area (Å²) in [5.74, 6) is 0.560. The summed E-state index contributed by atoms with van der Waals surface area (Å²) in [6.45, 7) is 0. The predicted octanol–water partition coefficient (Wildman–Crippen LogP) is 3.10. The first-order chi connectivity index (χ1) is 9.68. The number of fused-ring (bicyclic) bond motifs is 1. The lowest BCUT2D eigenvalue weighted by atomic mass is 9.88. The molecule has 0 aliphatic heterocycles. The highest BCUT2D eigenvalue weighted by Crippen LogP contribution is 2.36. The molecule has 106 valence electrons. The first-order valence-corrected chi connectivity index (χ1v) is 7.33. The van der Waals surface area contributed by atoms with Crippen LogP contribution in [0.5, 0.6) is 5.75 Å². The van der Waals surface area contributed by atoms with E-state index < -0.39 is 12.1 Å². The van der Waals surface area contributed by atoms with E-state index in [1.807, 2.05) is 30.3 Å². The van der Waals surface area contributed by atoms with Crippen molar-refractivity contribution in [3.8, 4) is 5.75 Å². The van der Waals surface area contributed by atoms with E-state index in [1.165, 1.54) is 12.8 Å². The van der Waals surface area contributed by atoms with E-state index in [9.17, 15) is 10.2 Å². The zero-order valence-corrected chi connectivity index (χ0v) is 11.5. The minimum absolute atomic E-state index is 0.256. The second-order valence-electron chi connectivity index (χ2n) is 5.78. The zero-order chi connectivity index (χ0) is 14.1. The van der Waals surface area contributed by atoms with Gasteiger partial charge in [-0.2, -0.15) is 0 Å². The van der Waals surface area contributed by atoms with Crippen molar-refractivity contribution in [2.24, 2.45) is 11.7 Å². The molecular weight excluding hydrogens is 250 g/mol. The lowest BCUT2D eigenvalue weighted by Crippen LogP contribution is -2.32. The van der Waals surface area contributed by atoms with Crippen LogP contribution in [-0.2, 0) is 0 Å². The number of phenols is 1. The van der Waals surface area contributed by atoms with Crippen LogP contribution in [0.25, 0.3) is 10.8 Å². The smallest absolute Gasteiger partial charge is 0.123 e. The maximum Gasteiger partial charge on any atom is 0.123 e. The number of phenolic OH excluding ortho intramolecular Hbond substituents is 1. The molecule has 0 spiro atoms. The molecule has 4 N–H and O–H groups in total. The molecule has 0 heterocycles. The normalized spacial score (nSPS) is 19.3. The van der Waals surface area contributed by atoms with Gasteiger partial charge in [0.2, 0.25) is 0 Å². The number of aliphatic hydroxyl groups excluding tert-OH is 1. The number of benzene rings is 2. The minimum Gasteiger partial charge on any atom is -0.507 e. The molecule has 20 heavy (non-hydrogen) atoms. The Labute approximate surface area is 119 Å². The number of hydrogen-bond acceptors (Lipinski definition) is 3. The average molecular weight is 271 g/mol. The van der Waals surface area contributed by atoms with Crippen LogP contribution < -0.4 is 5.73 Å². The summed E-state index contributed by atoms with van der Waals surface area (Å²) in [7, 11) is 0. The lowest BCUT2D eigenvalue weighted by molar-refractivity contribution is 0.0849. The van der Waals surface area contributed by atoms with Gasteiger partial charge < -0.3 is 15.9 Å². The summed E-state index contributed by atoms with van der Waals surface area (Å²) >= 11 is 0. The molecule has 0 bridgehead atoms. The molecule has 3 heteroatoms. The first-order valence-electron chi connectivity index (χ1n) is 7.33. The predicted molar refractivity (Wildman–Crippen MR) is 80.5 cm³/mol. The SMILES string of the molecule is N[C@@H](c1ccc(O)c2ccccc12)[C@H](O)C1CCCC1. The number of nitrogens with two attached hydrogens (primary N) is 1. The molecule has 2 atom stereocenters. The number of hydrogen-bond donors (Lipinski definition) is 3. The topological polar surface area (TPSA) is 66.5 Å². The number of rotatable bonds is 3. The Balaban J connectivity index is 1.99. The quantitative estimate of drug-likeness (QED) is 0.803. The Kier molecular flexibility index (Phi) is 3.64. The van der Waals surface area contributed by atoms with Gasteiger partial charge in [-0.05, 0) is 35.8 Å². The molecule has 0 aromatic heterocycles. The van der Waals surface area contributed by atoms with Crippen LogP contribution in [-0.4, -0.2) is 16.3 Å². The van der Waals surface area contributed by atoms with Crippen LogP contribution in [0.15, 0.2) is 36.4 Å². The minimum atomic E-state index is -0.509. The Hall–Kier alpha value is -1.58. The molecule has 1 aliphatic rings. The Morgan fingerprint density at radius 2 is 1.65 bits per heavy atom. The summed E-state index contributed by atoms with van der Waals surface area (Å²) in [5, 5.41) is 22.2. The number of aliphatic hydroxyl groups is 1. The summed E-state index contributed by atoms with van der Waals surface area (Å²) in [5.41, 5.74) is 7.22. The Morgan fingerprint density at radius 3 is 2.35 bits per heavy atom. The van der Waals surface area contributed by atoms with Crippen molar-refractivity contribution >= 4 is 10.8 Å². The second kappa shape index (κ2) is 5.43. The van der Waals surface area contributed by atoms with Gasteiger partial charge in [0, 0.05) is 5.39 Å². The summed E-state index contributed by atoms with van der Waals surface area (Å²) in [6.07, 6.45) is 3.98. The van der Waals surface area contributed by atoms with Crippen molar-refractivity contribution in [2.45, 2.75) is 37.8 Å². The molecule has 1 aliphatic carbocycles. The van der Waals surface area contributed by atoms with Crippen molar-refractivity contribution < 1.29 is 10.2 Å². The molecule has 0 unspecified atom stereocenters. The standard InChI is InChI=1S/C17H21NO2/c18-16(17(20)11-5-1-2-6-11)14-9-10-15(19)13-8-4-3-7-12(13)14/h3-4,7-11,16-17,19-20H,1-2,5-6,18H2/t16-,17+/m0/s1. The monoisotopic (exact) mass is 271 g/mol. The third kappa shape index (κ3) is 2.28. The Morgan fingerprint density at radius 1 is 1.00 bits per heavy atom. The second-order valence-corrected chi connectivity index (χ2v) is 5.78. The van der Waals surface area contributed by atoms with Crippen molar-refractivity contribution in [1.29, 1.82) is 0 Å². The van der Waals surface area contributed by atoms with Gasteiger partial charge in [0.15, 0.2) is 0 Å². The fourth-order valence-electron chi connectivity index (χ4n) is 3.37. The molecule has 1 saturated carbocycles. The van der Waals surface area contributed by atoms with E-state index in [-0.39, 0.29) is 5.75 Å². The maximum absolute atomic E-state index is 10.5. The van der Waals surface area contributed by atoms with Gasteiger partial charge in [-0.1, -0.05) is 43.2 Å². The van der Waals surface area contributed by atoms with E-state index >= 15 is 0 Å². The van der Waals surface area contributed by atoms with Crippen LogP contribution in [0.4, 0.5) is 0 Å². The van der Waals surface area contributed by atoms with Crippen molar-refractivity contribution in [3.05, 3.63) is 42.0 Å². The fraction of sp³-hybridized carbons (Fsp3) is 0.412. The molecule has 0 amide bonds. The molecular formula is C17H21NO2. The zero-order valence-electron chi connectivity index (χ0n) is 11.5. The van der Waals surface area contributed by atoms with E-state index in [0.717, 1.165) is 29.2 Å². The van der Waals surface area contributed by atoms with Gasteiger partial charge >= 0.3 is 0 Å². The third-order valence-corrected chi connectivity index (χ3v) is 4.54. The van der Waals surface area contributed by atoms with Crippen molar-refractivity contribution in [1.82, 2.24) is 0 Å². The average Bonchev–Trinajstić information content (AvgIpc) is 3.01. The van der Waals surface area contributed by atoms with Crippen LogP contribution in [0.2, 0.25) is 0 Å². The number of aromatic hydroxyl groups is 1. The van der Waals surface area contributed by atoms with Gasteiger partial charge in [-0.25, -0.2) is 0 Å². The van der Waals surface area contributed by atoms with E-state index in [2.05, 4.69) is 0 Å². The van der Waals surface area contributed by atoms with Crippen molar-refractivity contribution in [3.63, 3.8) is 0 Å². The summed E-state index contributed by atoms with van der Waals surface area (Å²) < 4.78 is 0. The van der Waals surface area contributed by atoms with Crippen LogP contribution in [0.1, 0.15) is 37.3 Å². The highest BCUT2D eigenvalue weighted by molar-refractivity contribution is 5.91. The van der Waals surface area contributed by atoms with E-state index in [4.69, 9.17) is 5.73 Å². The molecule has 0 radical (unpaired) electrons. The molecule has 2 aromatic rings. The van der Waals surface area contributed by atoms with Crippen LogP contribution in [0.3, 0.4) is 0 Å². The van der Waals surface area contributed by atoms with Gasteiger partial charge in [-0.3, -0.25) is 0 Å². The molecule has 0 saturated heterocycles. The highest BCUT2D eigenvalue weighted by Gasteiger charge is 2.29. The van der Waals surface area contributed by atoms with Gasteiger partial charge in [-0.15, -0.1) is 0 Å². The highest BCUT2D eigenvalue weighted by atomic mass is 16.3. The van der Waals surface area contributed by atoms with Crippen LogP contribution >= 0.6 is 0 Å². The molecule has 1 fully saturated rings. The third-order valence-electron chi connectivity index (χ3n) is 4.54. The van der Waals surface area contributed by atoms with Gasteiger partial charge in [0.1, 0.15) is 5.75 Å². The largest absolute Gasteiger partial charge is 0.507 e. The first kappa shape index (κ1) is 13.4. The van der Waals surface area contributed by atoms with E-state index in [1.54, 1.807) is 6.07 Å². The lowest BCUT2D eigenvalue weighted by Gasteiger charge is -2.25. The van der Waals surface area contributed by atoms with Crippen LogP contribution in [0, 0.1) is 5.92 Å². The summed E-state index contributed by atoms with van der Waals surface area (Å²) in [6, 6.07) is 10.8. The van der Waals surface area contributed by atoms with Gasteiger partial charge in [0.05, 0.1) is 12.1 Å². The van der Waals surface area contributed by atoms with Gasteiger partial charge in [0.25, 0.3) is 0 Å². The van der Waals surface area contributed by atoms with E-state index in [0.29, 0.717) is 5.92 Å². The fourth-order valence-corrected chi connectivity index (χ4v) is 3.37. The maximum atomic E-state index is 10.5.